The number of carbonyl (C=O) groups is 5. The fraction of sp³-hybridized carbons (Fsp3) is 0.404. The lowest BCUT2D eigenvalue weighted by molar-refractivity contribution is -0.144. The van der Waals surface area contributed by atoms with Crippen molar-refractivity contribution in [1.29, 1.82) is 0 Å². The average Bonchev–Trinajstić information content (AvgIpc) is 4.11. The minimum absolute atomic E-state index is 0.0432. The summed E-state index contributed by atoms with van der Waals surface area (Å²) in [7, 11) is 1.68. The van der Waals surface area contributed by atoms with Crippen LogP contribution in [-0.4, -0.2) is 142 Å². The number of hydrogen-bond acceptors (Lipinski definition) is 16. The lowest BCUT2D eigenvalue weighted by atomic mass is 9.85. The summed E-state index contributed by atoms with van der Waals surface area (Å²) in [5, 5.41) is 19.8. The number of aromatic nitrogens is 4. The molecule has 0 spiro atoms. The van der Waals surface area contributed by atoms with Crippen molar-refractivity contribution in [3.63, 3.8) is 0 Å². The standard InChI is InChI=1S/C52H61N11O8S2/c1-31(2)71-51(69)60(7)37-10-8-9-35(21-37)36-15-16-40-42(22-36)73-50(57-40)59-43(65)28-61-17-19-62(20-18-61)49-54-25-39(26-55-49)70-29-44(66)58-46(52(4,5)6)48(68)63-27-38(64)23-41(63)47(67)53-24-33-11-13-34(14-12-33)45-32(3)56-30-72-45/h8-16,21-22,25-26,30-31,38,41,46,64H,17-20,23-24,27-29H2,1-7H3,(H,53,67)(H,58,66)(H,57,59,65)/t38-,41+,46-/m1/s1. The van der Waals surface area contributed by atoms with Gasteiger partial charge in [0.2, 0.25) is 23.7 Å². The van der Waals surface area contributed by atoms with E-state index in [0.29, 0.717) is 42.9 Å². The highest BCUT2D eigenvalue weighted by molar-refractivity contribution is 7.22. The first-order valence-electron chi connectivity index (χ1n) is 24.1. The maximum Gasteiger partial charge on any atom is 0.414 e. The molecule has 0 aliphatic carbocycles. The lowest BCUT2D eigenvalue weighted by Crippen LogP contribution is -2.58. The number of ether oxygens (including phenoxy) is 2. The van der Waals surface area contributed by atoms with Crippen LogP contribution in [0.3, 0.4) is 0 Å². The fourth-order valence-corrected chi connectivity index (χ4v) is 10.3. The summed E-state index contributed by atoms with van der Waals surface area (Å²) in [4.78, 5) is 92.4. The van der Waals surface area contributed by atoms with Crippen molar-refractivity contribution in [2.75, 3.05) is 68.0 Å². The summed E-state index contributed by atoms with van der Waals surface area (Å²) < 4.78 is 12.0. The third kappa shape index (κ3) is 13.1. The van der Waals surface area contributed by atoms with Gasteiger partial charge in [0.05, 0.1) is 57.4 Å². The largest absolute Gasteiger partial charge is 0.481 e. The Morgan fingerprint density at radius 1 is 0.904 bits per heavy atom. The van der Waals surface area contributed by atoms with Gasteiger partial charge in [-0.2, -0.15) is 0 Å². The Morgan fingerprint density at radius 3 is 2.30 bits per heavy atom. The molecule has 0 saturated carbocycles. The normalized spacial score (nSPS) is 16.6. The highest BCUT2D eigenvalue weighted by Gasteiger charge is 2.44. The molecule has 0 radical (unpaired) electrons. The van der Waals surface area contributed by atoms with E-state index in [-0.39, 0.29) is 43.8 Å². The second-order valence-electron chi connectivity index (χ2n) is 19.5. The quantitative estimate of drug-likeness (QED) is 0.0859. The Morgan fingerprint density at radius 2 is 1.62 bits per heavy atom. The van der Waals surface area contributed by atoms with E-state index in [0.717, 1.165) is 43.0 Å². The van der Waals surface area contributed by atoms with Gasteiger partial charge in [0, 0.05) is 58.4 Å². The topological polar surface area (TPSA) is 225 Å². The minimum atomic E-state index is -1.02. The van der Waals surface area contributed by atoms with Crippen LogP contribution < -0.4 is 30.5 Å². The van der Waals surface area contributed by atoms with Gasteiger partial charge in [-0.3, -0.25) is 29.0 Å². The number of benzene rings is 3. The highest BCUT2D eigenvalue weighted by atomic mass is 32.1. The van der Waals surface area contributed by atoms with Crippen LogP contribution in [0, 0.1) is 12.3 Å². The molecule has 8 rings (SSSR count). The predicted molar refractivity (Wildman–Crippen MR) is 282 cm³/mol. The Hall–Kier alpha value is -7.07. The van der Waals surface area contributed by atoms with Gasteiger partial charge in [-0.15, -0.1) is 11.3 Å². The molecule has 6 aromatic rings. The van der Waals surface area contributed by atoms with Gasteiger partial charge < -0.3 is 40.3 Å². The molecule has 2 aliphatic heterocycles. The van der Waals surface area contributed by atoms with Crippen molar-refractivity contribution < 1.29 is 38.6 Å². The maximum absolute atomic E-state index is 14.1. The van der Waals surface area contributed by atoms with Crippen molar-refractivity contribution >= 4 is 79.4 Å². The molecule has 0 unspecified atom stereocenters. The number of thiazole rings is 2. The highest BCUT2D eigenvalue weighted by Crippen LogP contribution is 2.33. The Labute approximate surface area is 431 Å². The lowest BCUT2D eigenvalue weighted by Gasteiger charge is -2.35. The SMILES string of the molecule is Cc1ncsc1-c1ccc(CNC(=O)[C@@H]2C[C@@H](O)CN2C(=O)[C@@H](NC(=O)COc2cnc(N3CCN(CC(=O)Nc4nc5ccc(-c6cccc(N(C)C(=O)OC(C)C)c6)cc5s4)CC3)nc2)C(C)(C)C)cc1. The number of aliphatic hydroxyl groups is 1. The van der Waals surface area contributed by atoms with Crippen LogP contribution in [-0.2, 0) is 30.5 Å². The number of hydrogen-bond donors (Lipinski definition) is 4. The first-order valence-corrected chi connectivity index (χ1v) is 25.8. The first-order chi connectivity index (χ1) is 34.9. The van der Waals surface area contributed by atoms with Gasteiger partial charge in [-0.1, -0.05) is 74.6 Å². The predicted octanol–water partition coefficient (Wildman–Crippen LogP) is 6.12. The number of rotatable bonds is 16. The molecule has 4 N–H and O–H groups in total. The van der Waals surface area contributed by atoms with Gasteiger partial charge in [0.25, 0.3) is 5.91 Å². The molecular formula is C52H61N11O8S2. The average molecular weight is 1030 g/mol. The molecule has 2 saturated heterocycles. The second kappa shape index (κ2) is 22.8. The molecule has 3 atom stereocenters. The summed E-state index contributed by atoms with van der Waals surface area (Å²) >= 11 is 2.96. The number of aliphatic hydroxyl groups excluding tert-OH is 1. The van der Waals surface area contributed by atoms with Crippen molar-refractivity contribution in [1.82, 2.24) is 40.4 Å². The molecule has 384 valence electrons. The maximum atomic E-state index is 14.1. The molecule has 3 aromatic heterocycles. The fourth-order valence-electron chi connectivity index (χ4n) is 8.58. The summed E-state index contributed by atoms with van der Waals surface area (Å²) in [5.74, 6) is -0.854. The summed E-state index contributed by atoms with van der Waals surface area (Å²) in [6, 6.07) is 19.5. The third-order valence-corrected chi connectivity index (χ3v) is 14.4. The number of amides is 5. The molecule has 5 heterocycles. The number of aryl methyl sites for hydroxylation is 1. The Balaban J connectivity index is 0.776. The molecule has 0 bridgehead atoms. The van der Waals surface area contributed by atoms with E-state index >= 15 is 0 Å². The van der Waals surface area contributed by atoms with Gasteiger partial charge in [0.1, 0.15) is 12.1 Å². The molecule has 73 heavy (non-hydrogen) atoms. The zero-order valence-electron chi connectivity index (χ0n) is 42.0. The van der Waals surface area contributed by atoms with E-state index in [2.05, 4.69) is 40.8 Å². The number of anilines is 3. The van der Waals surface area contributed by atoms with Crippen molar-refractivity contribution in [2.24, 2.45) is 5.41 Å². The first kappa shape index (κ1) is 52.3. The van der Waals surface area contributed by atoms with E-state index in [4.69, 9.17) is 9.47 Å². The van der Waals surface area contributed by atoms with Crippen LogP contribution in [0.5, 0.6) is 5.75 Å². The smallest absolute Gasteiger partial charge is 0.414 e. The Kier molecular flexibility index (Phi) is 16.3. The van der Waals surface area contributed by atoms with Crippen molar-refractivity contribution in [3.05, 3.63) is 95.9 Å². The zero-order chi connectivity index (χ0) is 52.0. The van der Waals surface area contributed by atoms with Gasteiger partial charge >= 0.3 is 6.09 Å². The number of β-amino-alcohol motifs (C(OH)–C–C–N with tert-alkyl or cyclic N) is 1. The van der Waals surface area contributed by atoms with Crippen LogP contribution in [0.25, 0.3) is 31.8 Å². The van der Waals surface area contributed by atoms with E-state index in [1.807, 2.05) is 119 Å². The second-order valence-corrected chi connectivity index (χ2v) is 21.4. The van der Waals surface area contributed by atoms with E-state index in [1.165, 1.54) is 33.5 Å². The van der Waals surface area contributed by atoms with Gasteiger partial charge in [-0.25, -0.2) is 24.7 Å². The molecule has 3 aromatic carbocycles. The van der Waals surface area contributed by atoms with E-state index in [9.17, 15) is 29.1 Å². The number of piperazine rings is 1. The summed E-state index contributed by atoms with van der Waals surface area (Å²) in [5.41, 5.74) is 7.28. The molecule has 21 heteroatoms. The van der Waals surface area contributed by atoms with Crippen molar-refractivity contribution in [2.45, 2.75) is 78.8 Å². The Bertz CT molecular complexity index is 2930. The monoisotopic (exact) mass is 1030 g/mol. The number of fused-ring (bicyclic) bond motifs is 1. The number of carbonyl (C=O) groups excluding carboxylic acids is 5. The number of nitrogens with zero attached hydrogens (tertiary/aromatic N) is 8. The zero-order valence-corrected chi connectivity index (χ0v) is 43.6. The molecule has 5 amide bonds. The summed E-state index contributed by atoms with van der Waals surface area (Å²) in [6.07, 6.45) is 1.49. The molecule has 2 aliphatic rings. The van der Waals surface area contributed by atoms with E-state index in [1.54, 1.807) is 18.4 Å². The van der Waals surface area contributed by atoms with Gasteiger partial charge in [0.15, 0.2) is 17.5 Å². The van der Waals surface area contributed by atoms with Crippen molar-refractivity contribution in [3.8, 4) is 27.3 Å². The third-order valence-electron chi connectivity index (χ3n) is 12.5. The van der Waals surface area contributed by atoms with Crippen LogP contribution in [0.2, 0.25) is 0 Å². The van der Waals surface area contributed by atoms with Crippen LogP contribution in [0.15, 0.2) is 84.6 Å². The molecule has 19 nitrogen and oxygen atoms in total. The van der Waals surface area contributed by atoms with E-state index < -0.39 is 54.0 Å². The van der Waals surface area contributed by atoms with Crippen LogP contribution >= 0.6 is 22.7 Å². The number of likely N-dealkylation sites (tertiary alicyclic amines) is 1. The van der Waals surface area contributed by atoms with Gasteiger partial charge in [-0.05, 0) is 72.7 Å². The number of nitrogens with one attached hydrogen (secondary N) is 3. The minimum Gasteiger partial charge on any atom is -0.481 e. The molecular weight excluding hydrogens is 971 g/mol. The van der Waals surface area contributed by atoms with Crippen LogP contribution in [0.4, 0.5) is 21.6 Å². The molecule has 2 fully saturated rings. The summed E-state index contributed by atoms with van der Waals surface area (Å²) in [6.45, 7) is 13.4. The van der Waals surface area contributed by atoms with Crippen LogP contribution in [0.1, 0.15) is 52.3 Å².